The summed E-state index contributed by atoms with van der Waals surface area (Å²) in [6.45, 7) is 4.34. The lowest BCUT2D eigenvalue weighted by Gasteiger charge is -2.15. The van der Waals surface area contributed by atoms with Crippen molar-refractivity contribution in [2.45, 2.75) is 26.2 Å². The second-order valence-electron chi connectivity index (χ2n) is 5.91. The zero-order chi connectivity index (χ0) is 16.2. The minimum Gasteiger partial charge on any atom is -0.322 e. The highest BCUT2D eigenvalue weighted by atomic mass is 16.1. The predicted octanol–water partition coefficient (Wildman–Crippen LogP) is 5.61. The zero-order valence-electron chi connectivity index (χ0n) is 13.5. The van der Waals surface area contributed by atoms with Gasteiger partial charge in [0, 0.05) is 11.3 Å². The molecule has 0 aliphatic carbocycles. The molecule has 0 unspecified atom stereocenters. The first kappa shape index (κ1) is 15.3. The summed E-state index contributed by atoms with van der Waals surface area (Å²) in [6.07, 6.45) is 1.04. The van der Waals surface area contributed by atoms with Gasteiger partial charge in [-0.25, -0.2) is 0 Å². The number of para-hydroxylation sites is 1. The fraction of sp³-hybridized carbons (Fsp3) is 0.190. The molecule has 3 rings (SSSR count). The average molecular weight is 303 g/mol. The minimum absolute atomic E-state index is 0.0634. The molecule has 0 bridgehead atoms. The number of carbonyl (C=O) groups is 1. The van der Waals surface area contributed by atoms with E-state index in [1.807, 2.05) is 54.6 Å². The number of rotatable bonds is 4. The van der Waals surface area contributed by atoms with Crippen molar-refractivity contribution in [3.63, 3.8) is 0 Å². The average Bonchev–Trinajstić information content (AvgIpc) is 2.61. The molecule has 0 saturated heterocycles. The first-order valence-corrected chi connectivity index (χ1v) is 8.08. The van der Waals surface area contributed by atoms with Crippen molar-refractivity contribution in [1.29, 1.82) is 0 Å². The van der Waals surface area contributed by atoms with Gasteiger partial charge in [-0.3, -0.25) is 4.79 Å². The van der Waals surface area contributed by atoms with Crippen LogP contribution in [0.25, 0.3) is 10.8 Å². The second-order valence-corrected chi connectivity index (χ2v) is 5.91. The first-order chi connectivity index (χ1) is 11.2. The van der Waals surface area contributed by atoms with Gasteiger partial charge in [0.05, 0.1) is 0 Å². The van der Waals surface area contributed by atoms with Gasteiger partial charge in [-0.05, 0) is 46.9 Å². The van der Waals surface area contributed by atoms with Crippen molar-refractivity contribution in [2.75, 3.05) is 5.32 Å². The molecule has 1 N–H and O–H groups in total. The van der Waals surface area contributed by atoms with Crippen LogP contribution in [0.3, 0.4) is 0 Å². The Morgan fingerprint density at radius 3 is 2.43 bits per heavy atom. The second kappa shape index (κ2) is 6.66. The number of amides is 1. The van der Waals surface area contributed by atoms with Crippen LogP contribution in [0.2, 0.25) is 0 Å². The summed E-state index contributed by atoms with van der Waals surface area (Å²) in [5.74, 6) is 0.356. The lowest BCUT2D eigenvalue weighted by atomic mass is 9.96. The molecule has 3 aromatic rings. The van der Waals surface area contributed by atoms with Crippen LogP contribution >= 0.6 is 0 Å². The Labute approximate surface area is 137 Å². The molecule has 23 heavy (non-hydrogen) atoms. The van der Waals surface area contributed by atoms with Crippen molar-refractivity contribution in [3.05, 3.63) is 77.9 Å². The predicted molar refractivity (Wildman–Crippen MR) is 97.0 cm³/mol. The van der Waals surface area contributed by atoms with E-state index < -0.39 is 0 Å². The fourth-order valence-corrected chi connectivity index (χ4v) is 2.79. The van der Waals surface area contributed by atoms with Crippen LogP contribution in [-0.4, -0.2) is 5.91 Å². The van der Waals surface area contributed by atoms with Crippen LogP contribution in [0.1, 0.15) is 42.1 Å². The zero-order valence-corrected chi connectivity index (χ0v) is 13.5. The summed E-state index contributed by atoms with van der Waals surface area (Å²) in [5.41, 5.74) is 2.77. The van der Waals surface area contributed by atoms with Crippen molar-refractivity contribution < 1.29 is 4.79 Å². The van der Waals surface area contributed by atoms with Gasteiger partial charge in [0.1, 0.15) is 0 Å². The summed E-state index contributed by atoms with van der Waals surface area (Å²) in [7, 11) is 0. The molecule has 0 saturated carbocycles. The molecule has 1 atom stereocenters. The highest BCUT2D eigenvalue weighted by Gasteiger charge is 2.12. The molecule has 2 heteroatoms. The largest absolute Gasteiger partial charge is 0.322 e. The fourth-order valence-electron chi connectivity index (χ4n) is 2.79. The van der Waals surface area contributed by atoms with Gasteiger partial charge in [-0.2, -0.15) is 0 Å². The molecular formula is C21H21NO. The highest BCUT2D eigenvalue weighted by molar-refractivity contribution is 6.06. The van der Waals surface area contributed by atoms with E-state index in [2.05, 4.69) is 31.3 Å². The topological polar surface area (TPSA) is 29.1 Å². The molecule has 3 aromatic carbocycles. The lowest BCUT2D eigenvalue weighted by Crippen LogP contribution is -2.13. The van der Waals surface area contributed by atoms with Gasteiger partial charge in [0.25, 0.3) is 5.91 Å². The van der Waals surface area contributed by atoms with Gasteiger partial charge in [-0.15, -0.1) is 0 Å². The summed E-state index contributed by atoms with van der Waals surface area (Å²) in [5, 5.41) is 5.29. The maximum absolute atomic E-state index is 12.6. The van der Waals surface area contributed by atoms with Gasteiger partial charge in [0.2, 0.25) is 0 Å². The number of hydrogen-bond donors (Lipinski definition) is 1. The number of hydrogen-bond acceptors (Lipinski definition) is 1. The van der Waals surface area contributed by atoms with Crippen LogP contribution in [0.4, 0.5) is 5.69 Å². The Morgan fingerprint density at radius 1 is 0.957 bits per heavy atom. The molecule has 2 nitrogen and oxygen atoms in total. The van der Waals surface area contributed by atoms with Crippen molar-refractivity contribution in [1.82, 2.24) is 0 Å². The molecule has 0 aliphatic heterocycles. The first-order valence-electron chi connectivity index (χ1n) is 8.08. The Kier molecular flexibility index (Phi) is 4.42. The standard InChI is InChI=1S/C21H21NO/c1-3-15(2)19-10-6-7-11-20(19)22-21(23)18-13-12-16-8-4-5-9-17(16)14-18/h4-15H,3H2,1-2H3,(H,22,23)/t15-/m0/s1. The number of nitrogens with one attached hydrogen (secondary N) is 1. The number of carbonyl (C=O) groups excluding carboxylic acids is 1. The molecule has 0 fully saturated rings. The Hall–Kier alpha value is -2.61. The van der Waals surface area contributed by atoms with Crippen molar-refractivity contribution >= 4 is 22.4 Å². The molecular weight excluding hydrogens is 282 g/mol. The molecule has 0 spiro atoms. The van der Waals surface area contributed by atoms with E-state index >= 15 is 0 Å². The molecule has 0 aliphatic rings. The molecule has 1 amide bonds. The third-order valence-electron chi connectivity index (χ3n) is 4.36. The smallest absolute Gasteiger partial charge is 0.255 e. The maximum atomic E-state index is 12.6. The molecule has 0 aromatic heterocycles. The van der Waals surface area contributed by atoms with Gasteiger partial charge in [0.15, 0.2) is 0 Å². The molecule has 0 radical (unpaired) electrons. The molecule has 0 heterocycles. The van der Waals surface area contributed by atoms with Crippen molar-refractivity contribution in [3.8, 4) is 0 Å². The van der Waals surface area contributed by atoms with Crippen LogP contribution in [0.5, 0.6) is 0 Å². The Morgan fingerprint density at radius 2 is 1.65 bits per heavy atom. The van der Waals surface area contributed by atoms with Crippen LogP contribution in [-0.2, 0) is 0 Å². The summed E-state index contributed by atoms with van der Waals surface area (Å²) >= 11 is 0. The third-order valence-corrected chi connectivity index (χ3v) is 4.36. The third kappa shape index (κ3) is 3.26. The van der Waals surface area contributed by atoms with Gasteiger partial charge in [-0.1, -0.05) is 62.4 Å². The van der Waals surface area contributed by atoms with E-state index in [1.54, 1.807) is 0 Å². The summed E-state index contributed by atoms with van der Waals surface area (Å²) in [6, 6.07) is 21.9. The highest BCUT2D eigenvalue weighted by Crippen LogP contribution is 2.27. The van der Waals surface area contributed by atoms with Gasteiger partial charge >= 0.3 is 0 Å². The number of anilines is 1. The van der Waals surface area contributed by atoms with E-state index in [-0.39, 0.29) is 5.91 Å². The van der Waals surface area contributed by atoms with Crippen LogP contribution in [0, 0.1) is 0 Å². The summed E-state index contributed by atoms with van der Waals surface area (Å²) in [4.78, 5) is 12.6. The van der Waals surface area contributed by atoms with E-state index in [9.17, 15) is 4.79 Å². The van der Waals surface area contributed by atoms with E-state index in [4.69, 9.17) is 0 Å². The van der Waals surface area contributed by atoms with Gasteiger partial charge < -0.3 is 5.32 Å². The minimum atomic E-state index is -0.0634. The Bertz CT molecular complexity index is 838. The monoisotopic (exact) mass is 303 g/mol. The van der Waals surface area contributed by atoms with E-state index in [0.29, 0.717) is 11.5 Å². The molecule has 116 valence electrons. The van der Waals surface area contributed by atoms with E-state index in [1.165, 1.54) is 5.56 Å². The van der Waals surface area contributed by atoms with E-state index in [0.717, 1.165) is 22.9 Å². The maximum Gasteiger partial charge on any atom is 0.255 e. The van der Waals surface area contributed by atoms with Crippen LogP contribution in [0.15, 0.2) is 66.7 Å². The number of benzene rings is 3. The SMILES string of the molecule is CC[C@H](C)c1ccccc1NC(=O)c1ccc2ccccc2c1. The van der Waals surface area contributed by atoms with Crippen molar-refractivity contribution in [2.24, 2.45) is 0 Å². The lowest BCUT2D eigenvalue weighted by molar-refractivity contribution is 0.102. The van der Waals surface area contributed by atoms with Crippen LogP contribution < -0.4 is 5.32 Å². The normalized spacial score (nSPS) is 12.1. The number of fused-ring (bicyclic) bond motifs is 1. The Balaban J connectivity index is 1.89. The summed E-state index contributed by atoms with van der Waals surface area (Å²) < 4.78 is 0. The quantitative estimate of drug-likeness (QED) is 0.667.